The lowest BCUT2D eigenvalue weighted by molar-refractivity contribution is 0.262. The molecule has 8 heteroatoms. The summed E-state index contributed by atoms with van der Waals surface area (Å²) in [6.07, 6.45) is 0. The molecule has 0 saturated heterocycles. The van der Waals surface area contributed by atoms with E-state index in [1.54, 1.807) is 19.9 Å². The average molecular weight is 394 g/mol. The zero-order chi connectivity index (χ0) is 21.3. The van der Waals surface area contributed by atoms with Gasteiger partial charge in [0.25, 0.3) is 5.56 Å². The van der Waals surface area contributed by atoms with E-state index in [9.17, 15) is 9.59 Å². The van der Waals surface area contributed by atoms with Gasteiger partial charge in [-0.2, -0.15) is 9.78 Å². The number of hydrogen-bond acceptors (Lipinski definition) is 4. The lowest BCUT2D eigenvalue weighted by Gasteiger charge is -2.14. The second-order valence-electron chi connectivity index (χ2n) is 8.12. The molecule has 0 aliphatic carbocycles. The number of H-pyrrole nitrogens is 1. The molecule has 152 valence electrons. The maximum absolute atomic E-state index is 12.5. The van der Waals surface area contributed by atoms with Crippen molar-refractivity contribution < 1.29 is 4.79 Å². The Morgan fingerprint density at radius 2 is 1.72 bits per heavy atom. The van der Waals surface area contributed by atoms with Gasteiger partial charge >= 0.3 is 6.03 Å². The van der Waals surface area contributed by atoms with E-state index in [1.165, 1.54) is 4.68 Å². The summed E-state index contributed by atoms with van der Waals surface area (Å²) in [5.74, 6) is 0.658. The minimum absolute atomic E-state index is 0.240. The standard InChI is InChI=1S/C21H26N6O2/c1-12-7-9-15(10-8-12)23-20(29)24-17-11-16(21(4,5)6)26-27(17)19-22-14(3)13(2)18(28)25-19/h7-11H,1-6H3,(H,22,25,28)(H2,23,24,29). The predicted octanol–water partition coefficient (Wildman–Crippen LogP) is 3.82. The number of aryl methyl sites for hydroxylation is 2. The Kier molecular flexibility index (Phi) is 5.28. The van der Waals surface area contributed by atoms with E-state index < -0.39 is 6.03 Å². The van der Waals surface area contributed by atoms with E-state index in [1.807, 2.05) is 52.0 Å². The van der Waals surface area contributed by atoms with E-state index in [4.69, 9.17) is 0 Å². The van der Waals surface area contributed by atoms with Gasteiger partial charge in [0, 0.05) is 28.4 Å². The Morgan fingerprint density at radius 1 is 1.07 bits per heavy atom. The monoisotopic (exact) mass is 394 g/mol. The van der Waals surface area contributed by atoms with Crippen LogP contribution >= 0.6 is 0 Å². The third-order valence-electron chi connectivity index (χ3n) is 4.61. The van der Waals surface area contributed by atoms with Crippen molar-refractivity contribution in [3.8, 4) is 5.95 Å². The second-order valence-corrected chi connectivity index (χ2v) is 8.12. The number of hydrogen-bond donors (Lipinski definition) is 3. The molecule has 3 aromatic rings. The average Bonchev–Trinajstić information content (AvgIpc) is 3.05. The third kappa shape index (κ3) is 4.53. The third-order valence-corrected chi connectivity index (χ3v) is 4.61. The minimum atomic E-state index is -0.415. The smallest absolute Gasteiger partial charge is 0.308 e. The van der Waals surface area contributed by atoms with Crippen LogP contribution in [0.15, 0.2) is 35.1 Å². The molecule has 0 atom stereocenters. The van der Waals surface area contributed by atoms with Crippen molar-refractivity contribution in [3.05, 3.63) is 63.2 Å². The van der Waals surface area contributed by atoms with Crippen LogP contribution in [0, 0.1) is 20.8 Å². The zero-order valence-electron chi connectivity index (χ0n) is 17.5. The second kappa shape index (κ2) is 7.54. The number of carbonyl (C=O) groups is 1. The van der Waals surface area contributed by atoms with Crippen LogP contribution in [-0.4, -0.2) is 25.8 Å². The first-order chi connectivity index (χ1) is 13.5. The van der Waals surface area contributed by atoms with E-state index in [-0.39, 0.29) is 16.9 Å². The molecule has 3 N–H and O–H groups in total. The van der Waals surface area contributed by atoms with Crippen LogP contribution in [0.4, 0.5) is 16.3 Å². The van der Waals surface area contributed by atoms with Gasteiger partial charge in [-0.05, 0) is 32.9 Å². The lowest BCUT2D eigenvalue weighted by Crippen LogP contribution is -2.23. The maximum Gasteiger partial charge on any atom is 0.324 e. The van der Waals surface area contributed by atoms with Crippen molar-refractivity contribution in [1.82, 2.24) is 19.7 Å². The number of carbonyl (C=O) groups excluding carboxylic acids is 1. The molecule has 0 spiro atoms. The highest BCUT2D eigenvalue weighted by atomic mass is 16.2. The van der Waals surface area contributed by atoms with E-state index >= 15 is 0 Å². The molecule has 0 bridgehead atoms. The molecule has 2 amide bonds. The van der Waals surface area contributed by atoms with Crippen molar-refractivity contribution in [1.29, 1.82) is 0 Å². The van der Waals surface area contributed by atoms with Gasteiger partial charge in [-0.1, -0.05) is 38.5 Å². The molecule has 0 fully saturated rings. The van der Waals surface area contributed by atoms with E-state index in [0.29, 0.717) is 22.8 Å². The predicted molar refractivity (Wildman–Crippen MR) is 114 cm³/mol. The summed E-state index contributed by atoms with van der Waals surface area (Å²) in [6.45, 7) is 11.5. The number of amides is 2. The molecule has 1 aromatic carbocycles. The molecular formula is C21H26N6O2. The van der Waals surface area contributed by atoms with Crippen LogP contribution < -0.4 is 16.2 Å². The molecule has 0 unspecified atom stereocenters. The molecule has 0 radical (unpaired) electrons. The number of rotatable bonds is 3. The van der Waals surface area contributed by atoms with Gasteiger partial charge in [-0.15, -0.1) is 0 Å². The van der Waals surface area contributed by atoms with Crippen LogP contribution in [0.2, 0.25) is 0 Å². The van der Waals surface area contributed by atoms with Gasteiger partial charge in [0.15, 0.2) is 0 Å². The molecular weight excluding hydrogens is 368 g/mol. The zero-order valence-corrected chi connectivity index (χ0v) is 17.5. The van der Waals surface area contributed by atoms with Crippen LogP contribution in [0.5, 0.6) is 0 Å². The van der Waals surface area contributed by atoms with E-state index in [2.05, 4.69) is 25.7 Å². The largest absolute Gasteiger partial charge is 0.324 e. The van der Waals surface area contributed by atoms with Gasteiger partial charge in [0.05, 0.1) is 5.69 Å². The molecule has 0 saturated carbocycles. The van der Waals surface area contributed by atoms with Gasteiger partial charge in [0.1, 0.15) is 5.82 Å². The summed E-state index contributed by atoms with van der Waals surface area (Å²) in [6, 6.07) is 8.86. The Bertz CT molecular complexity index is 1100. The van der Waals surface area contributed by atoms with Crippen molar-refractivity contribution in [2.45, 2.75) is 47.0 Å². The first-order valence-corrected chi connectivity index (χ1v) is 9.37. The number of anilines is 2. The van der Waals surface area contributed by atoms with E-state index in [0.717, 1.165) is 11.3 Å². The molecule has 3 rings (SSSR count). The number of nitrogens with one attached hydrogen (secondary N) is 3. The van der Waals surface area contributed by atoms with Crippen molar-refractivity contribution in [3.63, 3.8) is 0 Å². The first-order valence-electron chi connectivity index (χ1n) is 9.37. The first kappa shape index (κ1) is 20.3. The summed E-state index contributed by atoms with van der Waals surface area (Å²) in [5.41, 5.74) is 3.19. The Morgan fingerprint density at radius 3 is 2.31 bits per heavy atom. The van der Waals surface area contributed by atoms with Gasteiger partial charge < -0.3 is 5.32 Å². The molecule has 0 aliphatic rings. The highest BCUT2D eigenvalue weighted by Crippen LogP contribution is 2.25. The van der Waals surface area contributed by atoms with Crippen LogP contribution in [-0.2, 0) is 5.41 Å². The fourth-order valence-electron chi connectivity index (χ4n) is 2.64. The summed E-state index contributed by atoms with van der Waals surface area (Å²) in [5, 5.41) is 10.2. The molecule has 2 heterocycles. The summed E-state index contributed by atoms with van der Waals surface area (Å²) in [7, 11) is 0. The number of nitrogens with zero attached hydrogens (tertiary/aromatic N) is 3. The Labute approximate surface area is 169 Å². The van der Waals surface area contributed by atoms with Gasteiger partial charge in [-0.3, -0.25) is 15.1 Å². The fraction of sp³-hybridized carbons (Fsp3) is 0.333. The van der Waals surface area contributed by atoms with Crippen molar-refractivity contribution >= 4 is 17.5 Å². The lowest BCUT2D eigenvalue weighted by atomic mass is 9.92. The molecule has 29 heavy (non-hydrogen) atoms. The minimum Gasteiger partial charge on any atom is -0.308 e. The summed E-state index contributed by atoms with van der Waals surface area (Å²) >= 11 is 0. The number of urea groups is 1. The quantitative estimate of drug-likeness (QED) is 0.628. The number of aromatic nitrogens is 4. The van der Waals surface area contributed by atoms with Crippen molar-refractivity contribution in [2.24, 2.45) is 0 Å². The summed E-state index contributed by atoms with van der Waals surface area (Å²) in [4.78, 5) is 31.9. The van der Waals surface area contributed by atoms with Gasteiger partial charge in [-0.25, -0.2) is 9.78 Å². The highest BCUT2D eigenvalue weighted by molar-refractivity contribution is 5.99. The van der Waals surface area contributed by atoms with Crippen LogP contribution in [0.25, 0.3) is 5.95 Å². The maximum atomic E-state index is 12.5. The highest BCUT2D eigenvalue weighted by Gasteiger charge is 2.22. The SMILES string of the molecule is Cc1ccc(NC(=O)Nc2cc(C(C)(C)C)nn2-c2nc(C)c(C)c(=O)[nH]2)cc1. The number of benzene rings is 1. The Balaban J connectivity index is 1.97. The number of aromatic amines is 1. The summed E-state index contributed by atoms with van der Waals surface area (Å²) < 4.78 is 1.45. The topological polar surface area (TPSA) is 105 Å². The fourth-order valence-corrected chi connectivity index (χ4v) is 2.64. The van der Waals surface area contributed by atoms with Crippen LogP contribution in [0.1, 0.15) is 43.3 Å². The molecule has 0 aliphatic heterocycles. The molecule has 2 aromatic heterocycles. The normalized spacial score (nSPS) is 11.4. The Hall–Kier alpha value is -3.42. The van der Waals surface area contributed by atoms with Crippen LogP contribution in [0.3, 0.4) is 0 Å². The van der Waals surface area contributed by atoms with Gasteiger partial charge in [0.2, 0.25) is 5.95 Å². The molecule has 8 nitrogen and oxygen atoms in total. The van der Waals surface area contributed by atoms with Crippen molar-refractivity contribution in [2.75, 3.05) is 10.6 Å².